The van der Waals surface area contributed by atoms with E-state index in [0.717, 1.165) is 37.5 Å². The van der Waals surface area contributed by atoms with Gasteiger partial charge in [-0.3, -0.25) is 9.69 Å². The summed E-state index contributed by atoms with van der Waals surface area (Å²) in [6.45, 7) is 12.0. The van der Waals surface area contributed by atoms with Crippen molar-refractivity contribution in [3.63, 3.8) is 0 Å². The van der Waals surface area contributed by atoms with E-state index in [-0.39, 0.29) is 17.9 Å². The molecule has 2 saturated heterocycles. The molecular formula is C28H43N5OS. The van der Waals surface area contributed by atoms with Crippen LogP contribution in [0.1, 0.15) is 117 Å². The summed E-state index contributed by atoms with van der Waals surface area (Å²) in [6.07, 6.45) is 10.5. The van der Waals surface area contributed by atoms with E-state index in [0.29, 0.717) is 24.0 Å². The van der Waals surface area contributed by atoms with E-state index in [9.17, 15) is 4.79 Å². The van der Waals surface area contributed by atoms with Crippen molar-refractivity contribution >= 4 is 17.2 Å². The molecule has 2 aromatic rings. The summed E-state index contributed by atoms with van der Waals surface area (Å²) < 4.78 is 2.44. The van der Waals surface area contributed by atoms with Crippen molar-refractivity contribution in [3.05, 3.63) is 33.0 Å². The van der Waals surface area contributed by atoms with Gasteiger partial charge >= 0.3 is 0 Å². The van der Waals surface area contributed by atoms with E-state index in [1.54, 1.807) is 0 Å². The van der Waals surface area contributed by atoms with Gasteiger partial charge in [0, 0.05) is 41.4 Å². The Labute approximate surface area is 214 Å². The fourth-order valence-corrected chi connectivity index (χ4v) is 8.10. The lowest BCUT2D eigenvalue weighted by molar-refractivity contribution is -0.125. The second-order valence-electron chi connectivity index (χ2n) is 11.6. The molecule has 0 spiro atoms. The molecule has 0 unspecified atom stereocenters. The molecule has 2 aromatic heterocycles. The molecule has 35 heavy (non-hydrogen) atoms. The first-order valence-electron chi connectivity index (χ1n) is 13.9. The highest BCUT2D eigenvalue weighted by atomic mass is 32.1. The molecule has 4 heterocycles. The molecule has 4 atom stereocenters. The highest BCUT2D eigenvalue weighted by Gasteiger charge is 2.42. The lowest BCUT2D eigenvalue weighted by atomic mass is 9.95. The van der Waals surface area contributed by atoms with Crippen molar-refractivity contribution < 1.29 is 4.79 Å². The third kappa shape index (κ3) is 4.95. The summed E-state index contributed by atoms with van der Waals surface area (Å²) in [7, 11) is 0. The van der Waals surface area contributed by atoms with Crippen molar-refractivity contribution in [2.75, 3.05) is 6.54 Å². The number of carbonyl (C=O) groups is 1. The summed E-state index contributed by atoms with van der Waals surface area (Å²) in [4.78, 5) is 17.2. The van der Waals surface area contributed by atoms with E-state index in [1.165, 1.54) is 54.5 Å². The molecule has 2 aliphatic heterocycles. The van der Waals surface area contributed by atoms with Gasteiger partial charge in [0.2, 0.25) is 5.91 Å². The Morgan fingerprint density at radius 3 is 2.34 bits per heavy atom. The Bertz CT molecular complexity index is 1020. The van der Waals surface area contributed by atoms with Crippen LogP contribution in [0.5, 0.6) is 0 Å². The number of hydrogen-bond acceptors (Lipinski definition) is 5. The van der Waals surface area contributed by atoms with Gasteiger partial charge in [0.15, 0.2) is 0 Å². The summed E-state index contributed by atoms with van der Waals surface area (Å²) in [5, 5.41) is 14.7. The fourth-order valence-electron chi connectivity index (χ4n) is 6.94. The predicted molar refractivity (Wildman–Crippen MR) is 142 cm³/mol. The molecule has 5 rings (SSSR count). The number of fused-ring (bicyclic) bond motifs is 2. The van der Waals surface area contributed by atoms with E-state index < -0.39 is 0 Å². The minimum Gasteiger partial charge on any atom is -0.348 e. The number of thiophene rings is 1. The zero-order valence-corrected chi connectivity index (χ0v) is 23.0. The van der Waals surface area contributed by atoms with Gasteiger partial charge in [0.1, 0.15) is 11.6 Å². The van der Waals surface area contributed by atoms with Crippen LogP contribution in [-0.2, 0) is 4.79 Å². The van der Waals surface area contributed by atoms with Crippen LogP contribution in [0.3, 0.4) is 0 Å². The second kappa shape index (κ2) is 10.3. The van der Waals surface area contributed by atoms with Gasteiger partial charge in [0.25, 0.3) is 0 Å². The fraction of sp³-hybridized carbons (Fsp3) is 0.750. The monoisotopic (exact) mass is 497 g/mol. The summed E-state index contributed by atoms with van der Waals surface area (Å²) in [5.74, 6) is 3.09. The topological polar surface area (TPSA) is 63.1 Å². The molecule has 0 radical (unpaired) electrons. The normalized spacial score (nSPS) is 26.1. The first kappa shape index (κ1) is 24.9. The standard InChI is InChI=1S/C28H43N5OS/c1-17(2)27-31-30-20(5)33(27)24-14-22-10-11-23(15-24)32(22)13-12-25(26-19(4)18(3)16-35-26)29-28(34)21-8-6-7-9-21/h16-17,21-25H,6-15H2,1-5H3,(H,29,34)/t22-,23+,24-,25-/m0/s1. The van der Waals surface area contributed by atoms with Gasteiger partial charge in [-0.2, -0.15) is 0 Å². The Morgan fingerprint density at radius 2 is 1.74 bits per heavy atom. The summed E-state index contributed by atoms with van der Waals surface area (Å²) in [5.41, 5.74) is 2.70. The van der Waals surface area contributed by atoms with Crippen molar-refractivity contribution in [2.45, 2.75) is 122 Å². The van der Waals surface area contributed by atoms with Gasteiger partial charge in [-0.05, 0) is 82.2 Å². The van der Waals surface area contributed by atoms with Crippen LogP contribution in [0, 0.1) is 26.7 Å². The largest absolute Gasteiger partial charge is 0.348 e. The van der Waals surface area contributed by atoms with Crippen LogP contribution in [0.25, 0.3) is 0 Å². The van der Waals surface area contributed by atoms with Crippen molar-refractivity contribution in [3.8, 4) is 0 Å². The Hall–Kier alpha value is -1.73. The molecule has 3 fully saturated rings. The van der Waals surface area contributed by atoms with Crippen LogP contribution in [-0.4, -0.2) is 44.2 Å². The summed E-state index contributed by atoms with van der Waals surface area (Å²) >= 11 is 1.83. The van der Waals surface area contributed by atoms with Crippen molar-refractivity contribution in [1.29, 1.82) is 0 Å². The molecule has 3 aliphatic rings. The average molecular weight is 498 g/mol. The molecule has 7 heteroatoms. The van der Waals surface area contributed by atoms with E-state index in [1.807, 2.05) is 11.3 Å². The molecule has 1 N–H and O–H groups in total. The minimum absolute atomic E-state index is 0.131. The predicted octanol–water partition coefficient (Wildman–Crippen LogP) is 5.99. The Kier molecular flexibility index (Phi) is 7.36. The highest BCUT2D eigenvalue weighted by Crippen LogP contribution is 2.43. The lowest BCUT2D eigenvalue weighted by Crippen LogP contribution is -2.45. The van der Waals surface area contributed by atoms with Crippen LogP contribution < -0.4 is 5.32 Å². The van der Waals surface area contributed by atoms with Gasteiger partial charge in [0.05, 0.1) is 6.04 Å². The molecule has 1 amide bonds. The minimum atomic E-state index is 0.131. The van der Waals surface area contributed by atoms with Crippen molar-refractivity contribution in [1.82, 2.24) is 25.0 Å². The number of piperidine rings is 1. The first-order chi connectivity index (χ1) is 16.8. The number of carbonyl (C=O) groups excluding carboxylic acids is 1. The zero-order valence-electron chi connectivity index (χ0n) is 22.2. The van der Waals surface area contributed by atoms with Gasteiger partial charge in [-0.15, -0.1) is 21.5 Å². The van der Waals surface area contributed by atoms with Crippen LogP contribution in [0.2, 0.25) is 0 Å². The Morgan fingerprint density at radius 1 is 1.06 bits per heavy atom. The van der Waals surface area contributed by atoms with Gasteiger partial charge in [-0.1, -0.05) is 26.7 Å². The number of amides is 1. The average Bonchev–Trinajstić information content (AvgIpc) is 3.60. The molecule has 2 bridgehead atoms. The van der Waals surface area contributed by atoms with Crippen molar-refractivity contribution in [2.24, 2.45) is 5.92 Å². The molecule has 1 saturated carbocycles. The number of aryl methyl sites for hydroxylation is 2. The first-order valence-corrected chi connectivity index (χ1v) is 14.7. The third-order valence-corrected chi connectivity index (χ3v) is 10.3. The number of rotatable bonds is 8. The SMILES string of the molecule is Cc1csc([C@H](CCN2[C@@H]3CC[C@H]2C[C@H](n2c(C)nnc2C(C)C)C3)NC(=O)C2CCCC2)c1C. The highest BCUT2D eigenvalue weighted by molar-refractivity contribution is 7.10. The van der Waals surface area contributed by atoms with E-state index in [4.69, 9.17) is 0 Å². The van der Waals surface area contributed by atoms with Gasteiger partial charge in [-0.25, -0.2) is 0 Å². The molecular weight excluding hydrogens is 454 g/mol. The maximum Gasteiger partial charge on any atom is 0.223 e. The number of aromatic nitrogens is 3. The second-order valence-corrected chi connectivity index (χ2v) is 12.5. The number of nitrogens with one attached hydrogen (secondary N) is 1. The molecule has 6 nitrogen and oxygen atoms in total. The number of nitrogens with zero attached hydrogens (tertiary/aromatic N) is 4. The molecule has 192 valence electrons. The number of hydrogen-bond donors (Lipinski definition) is 1. The van der Waals surface area contributed by atoms with Crippen LogP contribution >= 0.6 is 11.3 Å². The van der Waals surface area contributed by atoms with Crippen LogP contribution in [0.4, 0.5) is 0 Å². The summed E-state index contributed by atoms with van der Waals surface area (Å²) in [6, 6.07) is 1.89. The smallest absolute Gasteiger partial charge is 0.223 e. The van der Waals surface area contributed by atoms with E-state index >= 15 is 0 Å². The maximum absolute atomic E-state index is 13.1. The lowest BCUT2D eigenvalue weighted by Gasteiger charge is -2.40. The third-order valence-electron chi connectivity index (χ3n) is 8.99. The quantitative estimate of drug-likeness (QED) is 0.486. The van der Waals surface area contributed by atoms with E-state index in [2.05, 4.69) is 65.0 Å². The maximum atomic E-state index is 13.1. The molecule has 0 aromatic carbocycles. The van der Waals surface area contributed by atoms with Crippen LogP contribution in [0.15, 0.2) is 5.38 Å². The van der Waals surface area contributed by atoms with Gasteiger partial charge < -0.3 is 9.88 Å². The molecule has 1 aliphatic carbocycles. The zero-order chi connectivity index (χ0) is 24.7. The Balaban J connectivity index is 1.28.